The molecule has 2 amide bonds. The van der Waals surface area contributed by atoms with Crippen LogP contribution < -0.4 is 10.6 Å². The predicted octanol–water partition coefficient (Wildman–Crippen LogP) is 3.70. The van der Waals surface area contributed by atoms with Gasteiger partial charge in [0.05, 0.1) is 17.8 Å². The number of carbonyl (C=O) groups is 2. The van der Waals surface area contributed by atoms with E-state index in [0.717, 1.165) is 30.3 Å². The molecular formula is C24H27F3N6O3. The van der Waals surface area contributed by atoms with Crippen molar-refractivity contribution in [1.29, 1.82) is 0 Å². The zero-order valence-electron chi connectivity index (χ0n) is 19.8. The van der Waals surface area contributed by atoms with Gasteiger partial charge in [-0.05, 0) is 43.9 Å². The van der Waals surface area contributed by atoms with E-state index in [4.69, 9.17) is 4.52 Å². The summed E-state index contributed by atoms with van der Waals surface area (Å²) in [6.45, 7) is 1.62. The SMILES string of the molecule is CC(=O)N1CCC(Nc2cccc3c2cc(-c2noc(CNC(=O)C4CC4)n2)n3CC(F)(F)F)CC1. The minimum Gasteiger partial charge on any atom is -0.382 e. The summed E-state index contributed by atoms with van der Waals surface area (Å²) in [6, 6.07) is 6.89. The zero-order valence-corrected chi connectivity index (χ0v) is 19.8. The Kier molecular flexibility index (Phi) is 6.35. The molecule has 12 heteroatoms. The van der Waals surface area contributed by atoms with Crippen molar-refractivity contribution in [3.05, 3.63) is 30.2 Å². The number of aromatic nitrogens is 3. The van der Waals surface area contributed by atoms with Gasteiger partial charge in [-0.3, -0.25) is 9.59 Å². The Morgan fingerprint density at radius 2 is 1.92 bits per heavy atom. The quantitative estimate of drug-likeness (QED) is 0.508. The van der Waals surface area contributed by atoms with Gasteiger partial charge in [0.15, 0.2) is 0 Å². The van der Waals surface area contributed by atoms with Crippen molar-refractivity contribution in [2.75, 3.05) is 18.4 Å². The van der Waals surface area contributed by atoms with Crippen molar-refractivity contribution in [2.24, 2.45) is 5.92 Å². The first-order chi connectivity index (χ1) is 17.2. The number of hydrogen-bond acceptors (Lipinski definition) is 6. The molecule has 1 aromatic carbocycles. The molecule has 2 aliphatic rings. The van der Waals surface area contributed by atoms with E-state index in [9.17, 15) is 22.8 Å². The highest BCUT2D eigenvalue weighted by atomic mass is 19.4. The normalized spacial score (nSPS) is 16.9. The van der Waals surface area contributed by atoms with Crippen LogP contribution in [0.5, 0.6) is 0 Å². The van der Waals surface area contributed by atoms with Gasteiger partial charge in [0.25, 0.3) is 0 Å². The second-order valence-corrected chi connectivity index (χ2v) is 9.40. The number of fused-ring (bicyclic) bond motifs is 1. The number of alkyl halides is 3. The summed E-state index contributed by atoms with van der Waals surface area (Å²) < 4.78 is 46.9. The van der Waals surface area contributed by atoms with E-state index in [0.29, 0.717) is 29.7 Å². The van der Waals surface area contributed by atoms with Crippen LogP contribution in [-0.4, -0.2) is 56.7 Å². The smallest absolute Gasteiger partial charge is 0.382 e. The van der Waals surface area contributed by atoms with Gasteiger partial charge in [-0.2, -0.15) is 18.2 Å². The lowest BCUT2D eigenvalue weighted by Gasteiger charge is -2.32. The minimum absolute atomic E-state index is 0.0160. The number of piperidine rings is 1. The summed E-state index contributed by atoms with van der Waals surface area (Å²) in [7, 11) is 0. The molecule has 2 aromatic heterocycles. The molecule has 1 aliphatic carbocycles. The van der Waals surface area contributed by atoms with Gasteiger partial charge < -0.3 is 24.6 Å². The summed E-state index contributed by atoms with van der Waals surface area (Å²) in [4.78, 5) is 29.5. The maximum Gasteiger partial charge on any atom is 0.406 e. The van der Waals surface area contributed by atoms with Crippen LogP contribution in [0, 0.1) is 5.92 Å². The van der Waals surface area contributed by atoms with Gasteiger partial charge in [-0.25, -0.2) is 0 Å². The van der Waals surface area contributed by atoms with Gasteiger partial charge in [0.2, 0.25) is 23.5 Å². The Balaban J connectivity index is 1.42. The maximum atomic E-state index is 13.5. The van der Waals surface area contributed by atoms with Gasteiger partial charge >= 0.3 is 6.18 Å². The number of anilines is 1. The predicted molar refractivity (Wildman–Crippen MR) is 125 cm³/mol. The number of nitrogens with zero attached hydrogens (tertiary/aromatic N) is 4. The fourth-order valence-corrected chi connectivity index (χ4v) is 4.59. The number of carbonyl (C=O) groups excluding carboxylic acids is 2. The van der Waals surface area contributed by atoms with Crippen molar-refractivity contribution in [3.63, 3.8) is 0 Å². The second-order valence-electron chi connectivity index (χ2n) is 9.40. The van der Waals surface area contributed by atoms with Gasteiger partial charge in [-0.15, -0.1) is 0 Å². The molecule has 1 aliphatic heterocycles. The average molecular weight is 505 g/mol. The molecular weight excluding hydrogens is 477 g/mol. The summed E-state index contributed by atoms with van der Waals surface area (Å²) >= 11 is 0. The minimum atomic E-state index is -4.46. The van der Waals surface area contributed by atoms with Crippen LogP contribution in [0.2, 0.25) is 0 Å². The van der Waals surface area contributed by atoms with Crippen molar-refractivity contribution in [3.8, 4) is 11.5 Å². The first kappa shape index (κ1) is 24.1. The third kappa shape index (κ3) is 5.31. The fourth-order valence-electron chi connectivity index (χ4n) is 4.59. The molecule has 0 spiro atoms. The lowest BCUT2D eigenvalue weighted by atomic mass is 10.0. The summed E-state index contributed by atoms with van der Waals surface area (Å²) in [5.41, 5.74) is 1.27. The lowest BCUT2D eigenvalue weighted by molar-refractivity contribution is -0.139. The molecule has 0 atom stereocenters. The molecule has 3 aromatic rings. The zero-order chi connectivity index (χ0) is 25.4. The first-order valence-corrected chi connectivity index (χ1v) is 12.0. The van der Waals surface area contributed by atoms with Crippen molar-refractivity contribution < 1.29 is 27.3 Å². The number of hydrogen-bond donors (Lipinski definition) is 2. The number of benzene rings is 1. The number of amides is 2. The Morgan fingerprint density at radius 1 is 1.17 bits per heavy atom. The van der Waals surface area contributed by atoms with E-state index in [-0.39, 0.29) is 47.7 Å². The van der Waals surface area contributed by atoms with E-state index >= 15 is 0 Å². The molecule has 1 saturated carbocycles. The fraction of sp³-hybridized carbons (Fsp3) is 0.500. The Morgan fingerprint density at radius 3 is 2.58 bits per heavy atom. The van der Waals surface area contributed by atoms with Crippen LogP contribution in [0.4, 0.5) is 18.9 Å². The van der Waals surface area contributed by atoms with Crippen LogP contribution >= 0.6 is 0 Å². The highest BCUT2D eigenvalue weighted by molar-refractivity contribution is 5.96. The lowest BCUT2D eigenvalue weighted by Crippen LogP contribution is -2.41. The molecule has 9 nitrogen and oxygen atoms in total. The summed E-state index contributed by atoms with van der Waals surface area (Å²) in [5.74, 6) is 0.106. The molecule has 2 fully saturated rings. The van der Waals surface area contributed by atoms with E-state index < -0.39 is 12.7 Å². The monoisotopic (exact) mass is 504 g/mol. The molecule has 0 radical (unpaired) electrons. The third-order valence-corrected chi connectivity index (χ3v) is 6.64. The summed E-state index contributed by atoms with van der Waals surface area (Å²) in [5, 5.41) is 10.7. The van der Waals surface area contributed by atoms with Gasteiger partial charge in [0, 0.05) is 43.0 Å². The summed E-state index contributed by atoms with van der Waals surface area (Å²) in [6.07, 6.45) is -1.27. The Labute approximate surface area is 205 Å². The van der Waals surface area contributed by atoms with Crippen molar-refractivity contribution in [1.82, 2.24) is 24.9 Å². The largest absolute Gasteiger partial charge is 0.406 e. The molecule has 2 N–H and O–H groups in total. The molecule has 3 heterocycles. The Bertz CT molecular complexity index is 1270. The van der Waals surface area contributed by atoms with Crippen LogP contribution in [0.25, 0.3) is 22.4 Å². The van der Waals surface area contributed by atoms with Gasteiger partial charge in [0.1, 0.15) is 6.54 Å². The van der Waals surface area contributed by atoms with E-state index in [2.05, 4.69) is 20.8 Å². The standard InChI is InChI=1S/C24H27F3N6O3/c1-14(34)32-9-7-16(8-10-32)29-18-3-2-4-19-17(18)11-20(33(19)13-24(25,26)27)22-30-21(36-31-22)12-28-23(35)15-5-6-15/h2-4,11,15-16,29H,5-10,12-13H2,1H3,(H,28,35). The molecule has 0 unspecified atom stereocenters. The van der Waals surface area contributed by atoms with Crippen LogP contribution in [0.15, 0.2) is 28.8 Å². The topological polar surface area (TPSA) is 105 Å². The highest BCUT2D eigenvalue weighted by Crippen LogP contribution is 2.35. The highest BCUT2D eigenvalue weighted by Gasteiger charge is 2.32. The molecule has 1 saturated heterocycles. The Hall–Kier alpha value is -3.57. The van der Waals surface area contributed by atoms with Crippen LogP contribution in [0.3, 0.4) is 0 Å². The first-order valence-electron chi connectivity index (χ1n) is 12.0. The molecule has 5 rings (SSSR count). The molecule has 192 valence electrons. The number of halogens is 3. The van der Waals surface area contributed by atoms with E-state index in [1.165, 1.54) is 0 Å². The van der Waals surface area contributed by atoms with Crippen LogP contribution in [0.1, 0.15) is 38.5 Å². The average Bonchev–Trinajstić information content (AvgIpc) is 3.48. The number of likely N-dealkylation sites (tertiary alicyclic amines) is 1. The van der Waals surface area contributed by atoms with E-state index in [1.807, 2.05) is 6.07 Å². The van der Waals surface area contributed by atoms with Crippen molar-refractivity contribution in [2.45, 2.75) is 57.9 Å². The van der Waals surface area contributed by atoms with Crippen LogP contribution in [-0.2, 0) is 22.7 Å². The maximum absolute atomic E-state index is 13.5. The second kappa shape index (κ2) is 9.47. The molecule has 0 bridgehead atoms. The number of nitrogens with one attached hydrogen (secondary N) is 2. The molecule has 36 heavy (non-hydrogen) atoms. The third-order valence-electron chi connectivity index (χ3n) is 6.64. The van der Waals surface area contributed by atoms with Gasteiger partial charge in [-0.1, -0.05) is 11.2 Å². The van der Waals surface area contributed by atoms with E-state index in [1.54, 1.807) is 30.0 Å². The number of rotatable bonds is 7. The van der Waals surface area contributed by atoms with Crippen molar-refractivity contribution >= 4 is 28.4 Å².